The highest BCUT2D eigenvalue weighted by Gasteiger charge is 2.26. The third-order valence-corrected chi connectivity index (χ3v) is 3.22. The van der Waals surface area contributed by atoms with Gasteiger partial charge < -0.3 is 10.6 Å². The predicted molar refractivity (Wildman–Crippen MR) is 57.8 cm³/mol. The fraction of sp³-hybridized carbons (Fsp3) is 0.556. The van der Waals surface area contributed by atoms with E-state index in [0.717, 1.165) is 31.1 Å². The zero-order valence-corrected chi connectivity index (χ0v) is 8.63. The molecule has 4 nitrogen and oxygen atoms in total. The topological polar surface area (TPSA) is 65.4 Å². The molecular formula is C9H12N4S. The summed E-state index contributed by atoms with van der Waals surface area (Å²) in [6, 6.07) is 2.42. The Labute approximate surface area is 87.5 Å². The molecule has 0 amide bonds. The molecule has 0 aromatic carbocycles. The number of nitriles is 1. The number of thioether (sulfide) groups is 1. The van der Waals surface area contributed by atoms with Gasteiger partial charge in [-0.1, -0.05) is 0 Å². The van der Waals surface area contributed by atoms with Crippen LogP contribution in [-0.4, -0.2) is 35.6 Å². The van der Waals surface area contributed by atoms with Crippen molar-refractivity contribution in [3.8, 4) is 6.07 Å². The fourth-order valence-electron chi connectivity index (χ4n) is 1.51. The van der Waals surface area contributed by atoms with Gasteiger partial charge in [-0.3, -0.25) is 0 Å². The molecule has 0 bridgehead atoms. The number of amidine groups is 1. The van der Waals surface area contributed by atoms with Gasteiger partial charge in [-0.15, -0.1) is 11.8 Å². The molecular weight excluding hydrogens is 196 g/mol. The molecule has 1 saturated heterocycles. The van der Waals surface area contributed by atoms with E-state index in [0.29, 0.717) is 10.9 Å². The Morgan fingerprint density at radius 1 is 1.64 bits per heavy atom. The van der Waals surface area contributed by atoms with Crippen molar-refractivity contribution in [1.29, 1.82) is 5.26 Å². The molecule has 0 spiro atoms. The Bertz CT molecular complexity index is 322. The largest absolute Gasteiger partial charge is 0.357 e. The molecule has 0 saturated carbocycles. The van der Waals surface area contributed by atoms with Gasteiger partial charge in [0.1, 0.15) is 16.8 Å². The first-order valence-corrected chi connectivity index (χ1v) is 5.58. The van der Waals surface area contributed by atoms with E-state index in [4.69, 9.17) is 11.0 Å². The second-order valence-electron chi connectivity index (χ2n) is 3.41. The van der Waals surface area contributed by atoms with Crippen LogP contribution in [-0.2, 0) is 0 Å². The zero-order valence-electron chi connectivity index (χ0n) is 7.81. The number of nitrogens with two attached hydrogens (primary N) is 1. The summed E-state index contributed by atoms with van der Waals surface area (Å²) in [5.74, 6) is 2.01. The molecule has 2 heterocycles. The minimum Gasteiger partial charge on any atom is -0.357 e. The van der Waals surface area contributed by atoms with Crippen molar-refractivity contribution < 1.29 is 0 Å². The van der Waals surface area contributed by atoms with Crippen LogP contribution in [0.4, 0.5) is 0 Å². The van der Waals surface area contributed by atoms with E-state index in [-0.39, 0.29) is 0 Å². The molecule has 2 N–H and O–H groups in total. The lowest BCUT2D eigenvalue weighted by Crippen LogP contribution is -2.57. The number of hydrogen-bond acceptors (Lipinski definition) is 5. The Hall–Kier alpha value is -0.990. The van der Waals surface area contributed by atoms with Gasteiger partial charge in [-0.05, 0) is 0 Å². The smallest absolute Gasteiger partial charge is 0.108 e. The summed E-state index contributed by atoms with van der Waals surface area (Å²) in [5.41, 5.74) is 5.70. The minimum atomic E-state index is 0.299. The Kier molecular flexibility index (Phi) is 2.75. The second kappa shape index (κ2) is 4.03. The number of hydrogen-bond donors (Lipinski definition) is 1. The van der Waals surface area contributed by atoms with Gasteiger partial charge >= 0.3 is 0 Å². The van der Waals surface area contributed by atoms with Crippen molar-refractivity contribution in [2.24, 2.45) is 10.7 Å². The summed E-state index contributed by atoms with van der Waals surface area (Å²) in [6.45, 7) is 1.80. The van der Waals surface area contributed by atoms with Gasteiger partial charge in [0.05, 0.1) is 6.20 Å². The van der Waals surface area contributed by atoms with Crippen LogP contribution in [0.5, 0.6) is 0 Å². The van der Waals surface area contributed by atoms with E-state index in [1.807, 2.05) is 0 Å². The van der Waals surface area contributed by atoms with E-state index >= 15 is 0 Å². The first-order valence-electron chi connectivity index (χ1n) is 4.60. The van der Waals surface area contributed by atoms with Crippen LogP contribution >= 0.6 is 11.8 Å². The van der Waals surface area contributed by atoms with E-state index in [9.17, 15) is 0 Å². The maximum Gasteiger partial charge on any atom is 0.108 e. The maximum absolute atomic E-state index is 8.71. The van der Waals surface area contributed by atoms with Crippen molar-refractivity contribution in [2.75, 3.05) is 18.8 Å². The van der Waals surface area contributed by atoms with Crippen LogP contribution in [0.1, 0.15) is 6.42 Å². The molecule has 1 fully saturated rings. The molecule has 14 heavy (non-hydrogen) atoms. The number of nitrogens with zero attached hydrogens (tertiary/aromatic N) is 3. The molecule has 5 heteroatoms. The SMILES string of the molecule is N#CC1=CN=C(N2CC(N)C2)CCS1. The lowest BCUT2D eigenvalue weighted by atomic mass is 10.1. The summed E-state index contributed by atoms with van der Waals surface area (Å²) in [6.07, 6.45) is 2.59. The van der Waals surface area contributed by atoms with E-state index in [1.165, 1.54) is 0 Å². The van der Waals surface area contributed by atoms with Gasteiger partial charge in [0, 0.05) is 31.3 Å². The van der Waals surface area contributed by atoms with Crippen molar-refractivity contribution >= 4 is 17.6 Å². The van der Waals surface area contributed by atoms with Gasteiger partial charge in [0.25, 0.3) is 0 Å². The highest BCUT2D eigenvalue weighted by Crippen LogP contribution is 2.21. The Morgan fingerprint density at radius 2 is 2.43 bits per heavy atom. The average Bonchev–Trinajstić information content (AvgIpc) is 2.37. The first-order chi connectivity index (χ1) is 6.79. The van der Waals surface area contributed by atoms with Gasteiger partial charge in [0.2, 0.25) is 0 Å². The summed E-state index contributed by atoms with van der Waals surface area (Å²) >= 11 is 1.57. The second-order valence-corrected chi connectivity index (χ2v) is 4.55. The van der Waals surface area contributed by atoms with E-state index in [2.05, 4.69) is 16.0 Å². The maximum atomic E-state index is 8.71. The fourth-order valence-corrected chi connectivity index (χ4v) is 2.21. The molecule has 0 unspecified atom stereocenters. The summed E-state index contributed by atoms with van der Waals surface area (Å²) < 4.78 is 0. The molecule has 2 rings (SSSR count). The zero-order chi connectivity index (χ0) is 9.97. The van der Waals surface area contributed by atoms with Gasteiger partial charge in [-0.25, -0.2) is 4.99 Å². The third kappa shape index (κ3) is 1.91. The van der Waals surface area contributed by atoms with E-state index < -0.39 is 0 Å². The monoisotopic (exact) mass is 208 g/mol. The molecule has 74 valence electrons. The Morgan fingerprint density at radius 3 is 3.07 bits per heavy atom. The molecule has 0 radical (unpaired) electrons. The quantitative estimate of drug-likeness (QED) is 0.630. The van der Waals surface area contributed by atoms with Crippen LogP contribution in [0, 0.1) is 11.3 Å². The summed E-state index contributed by atoms with van der Waals surface area (Å²) in [5, 5.41) is 8.71. The normalized spacial score (nSPS) is 23.0. The van der Waals surface area contributed by atoms with Gasteiger partial charge in [0.15, 0.2) is 0 Å². The minimum absolute atomic E-state index is 0.299. The van der Waals surface area contributed by atoms with Crippen LogP contribution in [0.25, 0.3) is 0 Å². The highest BCUT2D eigenvalue weighted by molar-refractivity contribution is 8.03. The van der Waals surface area contributed by atoms with Crippen LogP contribution in [0.15, 0.2) is 16.1 Å². The van der Waals surface area contributed by atoms with Crippen molar-refractivity contribution in [3.05, 3.63) is 11.1 Å². The summed E-state index contributed by atoms with van der Waals surface area (Å²) in [4.78, 5) is 7.20. The molecule has 0 aliphatic carbocycles. The summed E-state index contributed by atoms with van der Waals surface area (Å²) in [7, 11) is 0. The van der Waals surface area contributed by atoms with Crippen molar-refractivity contribution in [3.63, 3.8) is 0 Å². The Balaban J connectivity index is 2.02. The molecule has 2 aliphatic rings. The first kappa shape index (κ1) is 9.56. The van der Waals surface area contributed by atoms with Gasteiger partial charge in [-0.2, -0.15) is 5.26 Å². The average molecular weight is 208 g/mol. The highest BCUT2D eigenvalue weighted by atomic mass is 32.2. The third-order valence-electron chi connectivity index (χ3n) is 2.30. The predicted octanol–water partition coefficient (Wildman–Crippen LogP) is 0.530. The van der Waals surface area contributed by atoms with Crippen molar-refractivity contribution in [1.82, 2.24) is 4.90 Å². The lowest BCUT2D eigenvalue weighted by Gasteiger charge is -2.39. The number of aliphatic imine (C=N–C) groups is 1. The number of allylic oxidation sites excluding steroid dienone is 1. The molecule has 0 aromatic rings. The number of rotatable bonds is 0. The lowest BCUT2D eigenvalue weighted by molar-refractivity contribution is 0.250. The number of likely N-dealkylation sites (tertiary alicyclic amines) is 1. The van der Waals surface area contributed by atoms with Crippen LogP contribution in [0.3, 0.4) is 0 Å². The van der Waals surface area contributed by atoms with E-state index in [1.54, 1.807) is 18.0 Å². The van der Waals surface area contributed by atoms with Crippen LogP contribution in [0.2, 0.25) is 0 Å². The molecule has 2 aliphatic heterocycles. The van der Waals surface area contributed by atoms with Crippen molar-refractivity contribution in [2.45, 2.75) is 12.5 Å². The molecule has 0 atom stereocenters. The standard InChI is InChI=1S/C9H12N4S/c10-3-8-4-12-9(1-2-14-8)13-5-7(11)6-13/h4,7H,1-2,5-6,11H2. The van der Waals surface area contributed by atoms with Crippen LogP contribution < -0.4 is 5.73 Å². The molecule has 0 aromatic heterocycles.